The molecule has 0 aromatic carbocycles. The fourth-order valence-corrected chi connectivity index (χ4v) is 3.74. The predicted molar refractivity (Wildman–Crippen MR) is 72.9 cm³/mol. The number of carbonyl (C=O) groups excluding carboxylic acids is 1. The van der Waals surface area contributed by atoms with E-state index in [1.165, 1.54) is 30.6 Å². The van der Waals surface area contributed by atoms with Crippen molar-refractivity contribution in [1.29, 1.82) is 0 Å². The van der Waals surface area contributed by atoms with Crippen LogP contribution in [0, 0.1) is 18.8 Å². The van der Waals surface area contributed by atoms with Gasteiger partial charge in [-0.15, -0.1) is 22.9 Å². The minimum Gasteiger partial charge on any atom is -0.351 e. The molecule has 2 atom stereocenters. The molecule has 94 valence electrons. The smallest absolute Gasteiger partial charge is 0.261 e. The highest BCUT2D eigenvalue weighted by molar-refractivity contribution is 7.12. The van der Waals surface area contributed by atoms with Crippen molar-refractivity contribution < 1.29 is 4.79 Å². The van der Waals surface area contributed by atoms with E-state index in [9.17, 15) is 4.79 Å². The van der Waals surface area contributed by atoms with Crippen LogP contribution in [-0.4, -0.2) is 18.3 Å². The first kappa shape index (κ1) is 12.9. The Kier molecular flexibility index (Phi) is 4.46. The Morgan fingerprint density at radius 3 is 2.94 bits per heavy atom. The minimum absolute atomic E-state index is 0.0673. The quantitative estimate of drug-likeness (QED) is 0.835. The van der Waals surface area contributed by atoms with Gasteiger partial charge in [-0.2, -0.15) is 0 Å². The molecule has 1 aliphatic carbocycles. The van der Waals surface area contributed by atoms with E-state index >= 15 is 0 Å². The Labute approximate surface area is 111 Å². The van der Waals surface area contributed by atoms with Gasteiger partial charge < -0.3 is 5.32 Å². The summed E-state index contributed by atoms with van der Waals surface area (Å²) < 4.78 is 0. The number of nitrogens with one attached hydrogen (secondary N) is 1. The first-order chi connectivity index (χ1) is 8.22. The van der Waals surface area contributed by atoms with Crippen molar-refractivity contribution in [3.63, 3.8) is 0 Å². The van der Waals surface area contributed by atoms with Crippen LogP contribution in [-0.2, 0) is 0 Å². The number of amides is 1. The van der Waals surface area contributed by atoms with E-state index in [2.05, 4.69) is 5.32 Å². The first-order valence-electron chi connectivity index (χ1n) is 6.10. The second-order valence-electron chi connectivity index (χ2n) is 4.75. The van der Waals surface area contributed by atoms with Gasteiger partial charge in [-0.1, -0.05) is 6.42 Å². The van der Waals surface area contributed by atoms with Gasteiger partial charge in [-0.3, -0.25) is 4.79 Å². The molecular weight excluding hydrogens is 254 g/mol. The molecule has 1 heterocycles. The van der Waals surface area contributed by atoms with E-state index < -0.39 is 0 Å². The molecule has 2 rings (SSSR count). The van der Waals surface area contributed by atoms with Gasteiger partial charge >= 0.3 is 0 Å². The molecule has 17 heavy (non-hydrogen) atoms. The van der Waals surface area contributed by atoms with E-state index in [0.717, 1.165) is 22.9 Å². The summed E-state index contributed by atoms with van der Waals surface area (Å²) in [5, 5.41) is 5.00. The minimum atomic E-state index is 0.0673. The monoisotopic (exact) mass is 271 g/mol. The van der Waals surface area contributed by atoms with Crippen molar-refractivity contribution in [1.82, 2.24) is 5.32 Å². The van der Waals surface area contributed by atoms with Gasteiger partial charge in [0, 0.05) is 12.4 Å². The fraction of sp³-hybridized carbons (Fsp3) is 0.615. The van der Waals surface area contributed by atoms with Crippen LogP contribution in [0.5, 0.6) is 0 Å². The van der Waals surface area contributed by atoms with Crippen LogP contribution >= 0.6 is 22.9 Å². The lowest BCUT2D eigenvalue weighted by atomic mass is 9.98. The van der Waals surface area contributed by atoms with Crippen LogP contribution in [0.1, 0.15) is 34.5 Å². The summed E-state index contributed by atoms with van der Waals surface area (Å²) in [4.78, 5) is 12.8. The lowest BCUT2D eigenvalue weighted by molar-refractivity contribution is 0.0948. The summed E-state index contributed by atoms with van der Waals surface area (Å²) in [6, 6.07) is 1.98. The number of rotatable bonds is 4. The third-order valence-electron chi connectivity index (χ3n) is 3.61. The summed E-state index contributed by atoms with van der Waals surface area (Å²) in [6.07, 6.45) is 3.65. The molecule has 0 bridgehead atoms. The largest absolute Gasteiger partial charge is 0.351 e. The molecule has 1 aromatic heterocycles. The van der Waals surface area contributed by atoms with Crippen molar-refractivity contribution in [3.05, 3.63) is 21.9 Å². The van der Waals surface area contributed by atoms with Crippen molar-refractivity contribution in [2.24, 2.45) is 11.8 Å². The number of hydrogen-bond donors (Lipinski definition) is 1. The maximum Gasteiger partial charge on any atom is 0.261 e. The van der Waals surface area contributed by atoms with Crippen LogP contribution in [0.3, 0.4) is 0 Å². The Hall–Kier alpha value is -0.540. The van der Waals surface area contributed by atoms with Gasteiger partial charge in [0.2, 0.25) is 0 Å². The van der Waals surface area contributed by atoms with Gasteiger partial charge in [0.25, 0.3) is 5.91 Å². The molecule has 1 N–H and O–H groups in total. The summed E-state index contributed by atoms with van der Waals surface area (Å²) >= 11 is 7.44. The van der Waals surface area contributed by atoms with Crippen molar-refractivity contribution >= 4 is 28.8 Å². The number of alkyl halides is 1. The van der Waals surface area contributed by atoms with Crippen molar-refractivity contribution in [2.45, 2.75) is 26.2 Å². The number of carbonyl (C=O) groups is 1. The third-order valence-corrected chi connectivity index (χ3v) is 5.02. The van der Waals surface area contributed by atoms with Crippen LogP contribution in [0.15, 0.2) is 11.4 Å². The SMILES string of the molecule is Cc1ccsc1C(=O)NCC1CCCC1CCl. The van der Waals surface area contributed by atoms with E-state index in [4.69, 9.17) is 11.6 Å². The molecule has 0 saturated heterocycles. The van der Waals surface area contributed by atoms with Crippen molar-refractivity contribution in [2.75, 3.05) is 12.4 Å². The number of hydrogen-bond acceptors (Lipinski definition) is 2. The Morgan fingerprint density at radius 2 is 2.29 bits per heavy atom. The number of aryl methyl sites for hydroxylation is 1. The zero-order valence-electron chi connectivity index (χ0n) is 10.0. The van der Waals surface area contributed by atoms with E-state index in [-0.39, 0.29) is 5.91 Å². The Morgan fingerprint density at radius 1 is 1.53 bits per heavy atom. The highest BCUT2D eigenvalue weighted by atomic mass is 35.5. The zero-order valence-corrected chi connectivity index (χ0v) is 11.6. The lowest BCUT2D eigenvalue weighted by Gasteiger charge is -2.17. The predicted octanol–water partition coefficient (Wildman–Crippen LogP) is 3.44. The summed E-state index contributed by atoms with van der Waals surface area (Å²) in [5.74, 6) is 1.94. The maximum atomic E-state index is 11.9. The average Bonchev–Trinajstić information content (AvgIpc) is 2.94. The van der Waals surface area contributed by atoms with E-state index in [1.54, 1.807) is 0 Å². The van der Waals surface area contributed by atoms with E-state index in [1.807, 2.05) is 18.4 Å². The Balaban J connectivity index is 1.86. The zero-order chi connectivity index (χ0) is 12.3. The van der Waals surface area contributed by atoms with Crippen LogP contribution in [0.4, 0.5) is 0 Å². The molecule has 1 saturated carbocycles. The van der Waals surface area contributed by atoms with Crippen LogP contribution in [0.2, 0.25) is 0 Å². The molecule has 1 fully saturated rings. The summed E-state index contributed by atoms with van der Waals surface area (Å²) in [5.41, 5.74) is 1.06. The maximum absolute atomic E-state index is 11.9. The molecule has 2 unspecified atom stereocenters. The first-order valence-corrected chi connectivity index (χ1v) is 7.52. The summed E-state index contributed by atoms with van der Waals surface area (Å²) in [7, 11) is 0. The molecule has 0 radical (unpaired) electrons. The molecule has 4 heteroatoms. The molecule has 0 aliphatic heterocycles. The van der Waals surface area contributed by atoms with Gasteiger partial charge in [0.15, 0.2) is 0 Å². The van der Waals surface area contributed by atoms with Crippen molar-refractivity contribution in [3.8, 4) is 0 Å². The van der Waals surface area contributed by atoms with E-state index in [0.29, 0.717) is 11.8 Å². The topological polar surface area (TPSA) is 29.1 Å². The van der Waals surface area contributed by atoms with Gasteiger partial charge in [-0.05, 0) is 48.6 Å². The second-order valence-corrected chi connectivity index (χ2v) is 5.97. The molecule has 1 aromatic rings. The molecule has 1 amide bonds. The van der Waals surface area contributed by atoms with Gasteiger partial charge in [0.1, 0.15) is 0 Å². The molecule has 0 spiro atoms. The van der Waals surface area contributed by atoms with Crippen LogP contribution in [0.25, 0.3) is 0 Å². The second kappa shape index (κ2) is 5.87. The third kappa shape index (κ3) is 3.02. The molecule has 1 aliphatic rings. The molecule has 2 nitrogen and oxygen atoms in total. The van der Waals surface area contributed by atoms with Gasteiger partial charge in [0.05, 0.1) is 4.88 Å². The fourth-order valence-electron chi connectivity index (χ4n) is 2.49. The number of thiophene rings is 1. The summed E-state index contributed by atoms with van der Waals surface area (Å²) in [6.45, 7) is 2.75. The number of halogens is 1. The Bertz CT molecular complexity index is 391. The highest BCUT2D eigenvalue weighted by Crippen LogP contribution is 2.32. The average molecular weight is 272 g/mol. The highest BCUT2D eigenvalue weighted by Gasteiger charge is 2.26. The van der Waals surface area contributed by atoms with Gasteiger partial charge in [-0.25, -0.2) is 0 Å². The molecular formula is C13H18ClNOS. The standard InChI is InChI=1S/C13H18ClNOS/c1-9-5-6-17-12(9)13(16)15-8-11-4-2-3-10(11)7-14/h5-6,10-11H,2-4,7-8H2,1H3,(H,15,16). The van der Waals surface area contributed by atoms with Crippen LogP contribution < -0.4 is 5.32 Å². The lowest BCUT2D eigenvalue weighted by Crippen LogP contribution is -2.31. The normalized spacial score (nSPS) is 23.9.